The average molecular weight is 191 g/mol. The van der Waals surface area contributed by atoms with E-state index in [0.717, 1.165) is 6.42 Å². The zero-order valence-corrected chi connectivity index (χ0v) is 8.51. The summed E-state index contributed by atoms with van der Waals surface area (Å²) in [6.45, 7) is 2.12. The van der Waals surface area contributed by atoms with Crippen molar-refractivity contribution in [3.05, 3.63) is 36.0 Å². The summed E-state index contributed by atoms with van der Waals surface area (Å²) in [7, 11) is 0. The molecule has 1 unspecified atom stereocenters. The monoisotopic (exact) mass is 191 g/mol. The van der Waals surface area contributed by atoms with Gasteiger partial charge in [-0.1, -0.05) is 25.1 Å². The Labute approximate surface area is 83.6 Å². The van der Waals surface area contributed by atoms with E-state index < -0.39 is 0 Å². The molecule has 1 N–H and O–H groups in total. The average Bonchev–Trinajstić information content (AvgIpc) is 2.48. The predicted molar refractivity (Wildman–Crippen MR) is 60.5 cm³/mol. The molecule has 0 radical (unpaired) electrons. The predicted octanol–water partition coefficient (Wildman–Crippen LogP) is 3.03. The summed E-state index contributed by atoms with van der Waals surface area (Å²) in [6.07, 6.45) is 3.10. The van der Waals surface area contributed by atoms with Crippen molar-refractivity contribution >= 4 is 23.5 Å². The molecule has 0 aliphatic heterocycles. The van der Waals surface area contributed by atoms with Crippen molar-refractivity contribution in [2.45, 2.75) is 18.6 Å². The molecule has 2 rings (SSSR count). The van der Waals surface area contributed by atoms with Crippen LogP contribution in [0.3, 0.4) is 0 Å². The largest absolute Gasteiger partial charge is 0.361 e. The first-order chi connectivity index (χ1) is 6.27. The van der Waals surface area contributed by atoms with Gasteiger partial charge in [0.1, 0.15) is 0 Å². The number of para-hydroxylation sites is 1. The van der Waals surface area contributed by atoms with Gasteiger partial charge in [0.2, 0.25) is 0 Å². The lowest BCUT2D eigenvalue weighted by Gasteiger charge is -2.01. The SMILES string of the molecule is CC(S)Cc1c[nH]c2ccccc12. The van der Waals surface area contributed by atoms with Gasteiger partial charge in [0.05, 0.1) is 0 Å². The zero-order valence-electron chi connectivity index (χ0n) is 7.62. The van der Waals surface area contributed by atoms with Gasteiger partial charge in [-0.25, -0.2) is 0 Å². The minimum Gasteiger partial charge on any atom is -0.361 e. The number of hydrogen-bond acceptors (Lipinski definition) is 1. The molecular formula is C11H13NS. The summed E-state index contributed by atoms with van der Waals surface area (Å²) < 4.78 is 0. The van der Waals surface area contributed by atoms with Crippen LogP contribution in [-0.4, -0.2) is 10.2 Å². The summed E-state index contributed by atoms with van der Waals surface area (Å²) in [4.78, 5) is 3.26. The van der Waals surface area contributed by atoms with E-state index in [-0.39, 0.29) is 0 Å². The van der Waals surface area contributed by atoms with Crippen molar-refractivity contribution in [1.82, 2.24) is 4.98 Å². The van der Waals surface area contributed by atoms with Crippen LogP contribution in [-0.2, 0) is 6.42 Å². The topological polar surface area (TPSA) is 15.8 Å². The minimum atomic E-state index is 0.416. The first-order valence-corrected chi connectivity index (χ1v) is 5.02. The lowest BCUT2D eigenvalue weighted by atomic mass is 10.1. The Kier molecular flexibility index (Phi) is 2.32. The van der Waals surface area contributed by atoms with Crippen LogP contribution in [0.1, 0.15) is 12.5 Å². The first kappa shape index (κ1) is 8.70. The second kappa shape index (κ2) is 3.46. The number of rotatable bonds is 2. The number of H-pyrrole nitrogens is 1. The Morgan fingerprint density at radius 3 is 2.92 bits per heavy atom. The maximum absolute atomic E-state index is 4.40. The number of aromatic amines is 1. The molecule has 1 nitrogen and oxygen atoms in total. The van der Waals surface area contributed by atoms with E-state index in [0.29, 0.717) is 5.25 Å². The molecule has 0 bridgehead atoms. The van der Waals surface area contributed by atoms with Crippen LogP contribution in [0.2, 0.25) is 0 Å². The molecule has 2 heteroatoms. The molecule has 2 aromatic rings. The van der Waals surface area contributed by atoms with Gasteiger partial charge in [0.15, 0.2) is 0 Å². The highest BCUT2D eigenvalue weighted by Crippen LogP contribution is 2.19. The first-order valence-electron chi connectivity index (χ1n) is 4.50. The van der Waals surface area contributed by atoms with Crippen molar-refractivity contribution in [2.24, 2.45) is 0 Å². The normalized spacial score (nSPS) is 13.4. The molecule has 0 saturated carbocycles. The lowest BCUT2D eigenvalue weighted by Crippen LogP contribution is -1.95. The van der Waals surface area contributed by atoms with E-state index in [2.05, 4.69) is 48.9 Å². The van der Waals surface area contributed by atoms with Crippen LogP contribution in [0.25, 0.3) is 10.9 Å². The number of nitrogens with one attached hydrogen (secondary N) is 1. The molecule has 0 spiro atoms. The van der Waals surface area contributed by atoms with Crippen molar-refractivity contribution in [3.63, 3.8) is 0 Å². The summed E-state index contributed by atoms with van der Waals surface area (Å²) in [6, 6.07) is 8.37. The third kappa shape index (κ3) is 1.73. The number of aromatic nitrogens is 1. The van der Waals surface area contributed by atoms with Gasteiger partial charge in [-0.3, -0.25) is 0 Å². The fourth-order valence-corrected chi connectivity index (χ4v) is 1.82. The van der Waals surface area contributed by atoms with Gasteiger partial charge in [0, 0.05) is 22.3 Å². The molecule has 0 aliphatic rings. The number of thiol groups is 1. The van der Waals surface area contributed by atoms with Gasteiger partial charge < -0.3 is 4.98 Å². The molecule has 1 atom stereocenters. The van der Waals surface area contributed by atoms with Gasteiger partial charge in [-0.15, -0.1) is 0 Å². The summed E-state index contributed by atoms with van der Waals surface area (Å²) in [5, 5.41) is 1.74. The van der Waals surface area contributed by atoms with Gasteiger partial charge in [0.25, 0.3) is 0 Å². The molecule has 0 fully saturated rings. The van der Waals surface area contributed by atoms with Crippen molar-refractivity contribution < 1.29 is 0 Å². The molecular weight excluding hydrogens is 178 g/mol. The summed E-state index contributed by atoms with van der Waals surface area (Å²) in [5.74, 6) is 0. The highest BCUT2D eigenvalue weighted by atomic mass is 32.1. The van der Waals surface area contributed by atoms with E-state index in [9.17, 15) is 0 Å². The van der Waals surface area contributed by atoms with Crippen LogP contribution in [0.15, 0.2) is 30.5 Å². The van der Waals surface area contributed by atoms with E-state index in [1.54, 1.807) is 0 Å². The maximum atomic E-state index is 4.40. The Balaban J connectivity index is 2.46. The van der Waals surface area contributed by atoms with Gasteiger partial charge in [-0.05, 0) is 18.1 Å². The van der Waals surface area contributed by atoms with Gasteiger partial charge in [-0.2, -0.15) is 12.6 Å². The Morgan fingerprint density at radius 1 is 1.38 bits per heavy atom. The Bertz CT molecular complexity index is 403. The third-order valence-corrected chi connectivity index (χ3v) is 2.37. The molecule has 0 saturated heterocycles. The zero-order chi connectivity index (χ0) is 9.26. The Morgan fingerprint density at radius 2 is 2.15 bits per heavy atom. The van der Waals surface area contributed by atoms with Crippen LogP contribution in [0, 0.1) is 0 Å². The van der Waals surface area contributed by atoms with Crippen molar-refractivity contribution in [3.8, 4) is 0 Å². The maximum Gasteiger partial charge on any atom is 0.0456 e. The third-order valence-electron chi connectivity index (χ3n) is 2.19. The van der Waals surface area contributed by atoms with Crippen molar-refractivity contribution in [1.29, 1.82) is 0 Å². The molecule has 0 aliphatic carbocycles. The molecule has 1 heterocycles. The quantitative estimate of drug-likeness (QED) is 0.679. The number of benzene rings is 1. The van der Waals surface area contributed by atoms with Crippen LogP contribution >= 0.6 is 12.6 Å². The fourth-order valence-electron chi connectivity index (χ4n) is 1.62. The summed E-state index contributed by atoms with van der Waals surface area (Å²) >= 11 is 4.40. The minimum absolute atomic E-state index is 0.416. The number of hydrogen-bond donors (Lipinski definition) is 2. The fraction of sp³-hybridized carbons (Fsp3) is 0.273. The van der Waals surface area contributed by atoms with Crippen molar-refractivity contribution in [2.75, 3.05) is 0 Å². The molecule has 68 valence electrons. The van der Waals surface area contributed by atoms with Crippen LogP contribution < -0.4 is 0 Å². The number of fused-ring (bicyclic) bond motifs is 1. The van der Waals surface area contributed by atoms with E-state index in [1.165, 1.54) is 16.5 Å². The molecule has 13 heavy (non-hydrogen) atoms. The molecule has 1 aromatic heterocycles. The van der Waals surface area contributed by atoms with Gasteiger partial charge >= 0.3 is 0 Å². The molecule has 1 aromatic carbocycles. The lowest BCUT2D eigenvalue weighted by molar-refractivity contribution is 0.958. The van der Waals surface area contributed by atoms with E-state index in [4.69, 9.17) is 0 Å². The van der Waals surface area contributed by atoms with Crippen LogP contribution in [0.4, 0.5) is 0 Å². The standard InChI is InChI=1S/C11H13NS/c1-8(13)6-9-7-12-11-5-3-2-4-10(9)11/h2-5,7-8,12-13H,6H2,1H3. The Hall–Kier alpha value is -0.890. The highest BCUT2D eigenvalue weighted by molar-refractivity contribution is 7.80. The van der Waals surface area contributed by atoms with E-state index in [1.807, 2.05) is 6.07 Å². The second-order valence-electron chi connectivity index (χ2n) is 3.41. The smallest absolute Gasteiger partial charge is 0.0456 e. The van der Waals surface area contributed by atoms with E-state index >= 15 is 0 Å². The highest BCUT2D eigenvalue weighted by Gasteiger charge is 2.04. The van der Waals surface area contributed by atoms with Crippen LogP contribution in [0.5, 0.6) is 0 Å². The summed E-state index contributed by atoms with van der Waals surface area (Å²) in [5.41, 5.74) is 2.57. The molecule has 0 amide bonds. The second-order valence-corrected chi connectivity index (χ2v) is 4.29.